The van der Waals surface area contributed by atoms with Crippen LogP contribution in [0.4, 0.5) is 5.69 Å². The Labute approximate surface area is 158 Å². The van der Waals surface area contributed by atoms with Crippen LogP contribution in [0.25, 0.3) is 10.8 Å². The summed E-state index contributed by atoms with van der Waals surface area (Å²) in [4.78, 5) is 16.6. The molecule has 0 unspecified atom stereocenters. The molecule has 1 atom stereocenters. The van der Waals surface area contributed by atoms with Gasteiger partial charge in [0.05, 0.1) is 4.90 Å². The monoisotopic (exact) mass is 383 g/mol. The number of hydrogen-bond donors (Lipinski definition) is 2. The van der Waals surface area contributed by atoms with E-state index in [-0.39, 0.29) is 10.8 Å². The molecule has 2 N–H and O–H groups in total. The Morgan fingerprint density at radius 1 is 0.963 bits per heavy atom. The summed E-state index contributed by atoms with van der Waals surface area (Å²) in [6.45, 7) is 3.58. The smallest absolute Gasteiger partial charge is 0.242 e. The zero-order chi connectivity index (χ0) is 19.4. The van der Waals surface area contributed by atoms with Gasteiger partial charge in [-0.05, 0) is 41.0 Å². The summed E-state index contributed by atoms with van der Waals surface area (Å²) >= 11 is 0. The molecule has 6 nitrogen and oxygen atoms in total. The van der Waals surface area contributed by atoms with E-state index >= 15 is 0 Å². The van der Waals surface area contributed by atoms with E-state index in [2.05, 4.69) is 15.0 Å². The summed E-state index contributed by atoms with van der Waals surface area (Å²) in [6, 6.07) is 14.8. The van der Waals surface area contributed by atoms with E-state index < -0.39 is 22.0 Å². The molecule has 1 aromatic heterocycles. The predicted octanol–water partition coefficient (Wildman–Crippen LogP) is 3.18. The highest BCUT2D eigenvalue weighted by Crippen LogP contribution is 2.20. The Bertz CT molecular complexity index is 1050. The molecule has 0 saturated heterocycles. The molecule has 3 aromatic rings. The second-order valence-corrected chi connectivity index (χ2v) is 8.29. The van der Waals surface area contributed by atoms with Crippen molar-refractivity contribution >= 4 is 32.4 Å². The van der Waals surface area contributed by atoms with E-state index in [4.69, 9.17) is 0 Å². The number of benzene rings is 2. The third-order valence-corrected chi connectivity index (χ3v) is 5.65. The zero-order valence-corrected chi connectivity index (χ0v) is 15.9. The molecule has 0 bridgehead atoms. The second kappa shape index (κ2) is 7.85. The van der Waals surface area contributed by atoms with Gasteiger partial charge in [-0.2, -0.15) is 4.72 Å². The van der Waals surface area contributed by atoms with E-state index in [1.807, 2.05) is 24.3 Å². The highest BCUT2D eigenvalue weighted by molar-refractivity contribution is 7.89. The molecule has 2 aromatic carbocycles. The lowest BCUT2D eigenvalue weighted by Crippen LogP contribution is -2.47. The first-order valence-corrected chi connectivity index (χ1v) is 10.1. The fraction of sp³-hybridized carbons (Fsp3) is 0.200. The maximum Gasteiger partial charge on any atom is 0.242 e. The molecule has 1 amide bonds. The maximum absolute atomic E-state index is 12.8. The normalized spacial score (nSPS) is 12.9. The lowest BCUT2D eigenvalue weighted by Gasteiger charge is -2.21. The quantitative estimate of drug-likeness (QED) is 0.684. The van der Waals surface area contributed by atoms with Crippen molar-refractivity contribution in [1.82, 2.24) is 9.71 Å². The summed E-state index contributed by atoms with van der Waals surface area (Å²) in [5.41, 5.74) is 0.561. The van der Waals surface area contributed by atoms with Crippen molar-refractivity contribution in [2.45, 2.75) is 24.8 Å². The standard InChI is InChI=1S/C20H21N3O3S/c1-14(2)19(20(24)22-17-9-11-21-12-10-17)23-27(25,26)18-8-7-15-5-3-4-6-16(15)13-18/h3-14,19,23H,1-2H3,(H,21,22,24)/t19-/m1/s1. The van der Waals surface area contributed by atoms with Crippen molar-refractivity contribution in [3.63, 3.8) is 0 Å². The molecule has 140 valence electrons. The molecule has 1 heterocycles. The number of fused-ring (bicyclic) bond motifs is 1. The number of carbonyl (C=O) groups is 1. The van der Waals surface area contributed by atoms with Crippen molar-refractivity contribution in [2.75, 3.05) is 5.32 Å². The van der Waals surface area contributed by atoms with Gasteiger partial charge in [0.1, 0.15) is 6.04 Å². The summed E-state index contributed by atoms with van der Waals surface area (Å²) < 4.78 is 28.2. The van der Waals surface area contributed by atoms with Gasteiger partial charge in [0.25, 0.3) is 0 Å². The van der Waals surface area contributed by atoms with E-state index in [1.54, 1.807) is 56.6 Å². The number of nitrogens with one attached hydrogen (secondary N) is 2. The molecule has 0 radical (unpaired) electrons. The number of rotatable bonds is 6. The third kappa shape index (κ3) is 4.50. The first-order valence-electron chi connectivity index (χ1n) is 8.59. The van der Waals surface area contributed by atoms with Gasteiger partial charge in [-0.15, -0.1) is 0 Å². The van der Waals surface area contributed by atoms with Gasteiger partial charge in [-0.1, -0.05) is 44.2 Å². The Kier molecular flexibility index (Phi) is 5.53. The minimum absolute atomic E-state index is 0.128. The third-order valence-electron chi connectivity index (χ3n) is 4.21. The fourth-order valence-corrected chi connectivity index (χ4v) is 4.10. The summed E-state index contributed by atoms with van der Waals surface area (Å²) in [5, 5.41) is 4.49. The number of pyridine rings is 1. The van der Waals surface area contributed by atoms with Crippen LogP contribution in [0.3, 0.4) is 0 Å². The number of anilines is 1. The Balaban J connectivity index is 1.84. The Morgan fingerprint density at radius 2 is 1.63 bits per heavy atom. The maximum atomic E-state index is 12.8. The number of sulfonamides is 1. The van der Waals surface area contributed by atoms with Gasteiger partial charge in [0.15, 0.2) is 0 Å². The lowest BCUT2D eigenvalue weighted by molar-refractivity contribution is -0.118. The molecule has 0 spiro atoms. The number of amides is 1. The van der Waals surface area contributed by atoms with Crippen molar-refractivity contribution in [2.24, 2.45) is 5.92 Å². The number of nitrogens with zero attached hydrogens (tertiary/aromatic N) is 1. The number of aromatic nitrogens is 1. The molecule has 27 heavy (non-hydrogen) atoms. The molecule has 7 heteroatoms. The SMILES string of the molecule is CC(C)[C@@H](NS(=O)(=O)c1ccc2ccccc2c1)C(=O)Nc1ccncc1. The molecule has 0 aliphatic heterocycles. The highest BCUT2D eigenvalue weighted by atomic mass is 32.2. The average Bonchev–Trinajstić information content (AvgIpc) is 2.66. The largest absolute Gasteiger partial charge is 0.325 e. The van der Waals surface area contributed by atoms with Crippen molar-refractivity contribution in [1.29, 1.82) is 0 Å². The molecule has 0 fully saturated rings. The molecule has 0 saturated carbocycles. The minimum atomic E-state index is -3.86. The van der Waals surface area contributed by atoms with Crippen LogP contribution >= 0.6 is 0 Å². The van der Waals surface area contributed by atoms with Crippen LogP contribution in [0.2, 0.25) is 0 Å². The van der Waals surface area contributed by atoms with Crippen LogP contribution in [-0.2, 0) is 14.8 Å². The Hall–Kier alpha value is -2.77. The minimum Gasteiger partial charge on any atom is -0.325 e. The van der Waals surface area contributed by atoms with Crippen LogP contribution in [0, 0.1) is 5.92 Å². The van der Waals surface area contributed by atoms with Crippen LogP contribution in [0.5, 0.6) is 0 Å². The van der Waals surface area contributed by atoms with Gasteiger partial charge in [0, 0.05) is 18.1 Å². The highest BCUT2D eigenvalue weighted by Gasteiger charge is 2.28. The zero-order valence-electron chi connectivity index (χ0n) is 15.1. The summed E-state index contributed by atoms with van der Waals surface area (Å²) in [5.74, 6) is -0.650. The predicted molar refractivity (Wildman–Crippen MR) is 106 cm³/mol. The van der Waals surface area contributed by atoms with Crippen molar-refractivity contribution < 1.29 is 13.2 Å². The molecule has 0 aliphatic carbocycles. The summed E-state index contributed by atoms with van der Waals surface area (Å²) in [6.07, 6.45) is 3.11. The van der Waals surface area contributed by atoms with E-state index in [0.717, 1.165) is 10.8 Å². The van der Waals surface area contributed by atoms with Gasteiger partial charge < -0.3 is 5.32 Å². The van der Waals surface area contributed by atoms with Crippen LogP contribution in [0.1, 0.15) is 13.8 Å². The van der Waals surface area contributed by atoms with Gasteiger partial charge in [0.2, 0.25) is 15.9 Å². The average molecular weight is 383 g/mol. The van der Waals surface area contributed by atoms with Gasteiger partial charge in [-0.3, -0.25) is 9.78 Å². The number of carbonyl (C=O) groups excluding carboxylic acids is 1. The molecule has 3 rings (SSSR count). The van der Waals surface area contributed by atoms with Crippen molar-refractivity contribution in [3.05, 3.63) is 67.0 Å². The van der Waals surface area contributed by atoms with Gasteiger partial charge in [-0.25, -0.2) is 8.42 Å². The van der Waals surface area contributed by atoms with Crippen LogP contribution in [0.15, 0.2) is 71.9 Å². The van der Waals surface area contributed by atoms with E-state index in [0.29, 0.717) is 5.69 Å². The number of hydrogen-bond acceptors (Lipinski definition) is 4. The topological polar surface area (TPSA) is 88.2 Å². The fourth-order valence-electron chi connectivity index (χ4n) is 2.72. The first kappa shape index (κ1) is 19.0. The molecule has 0 aliphatic rings. The Morgan fingerprint density at radius 3 is 2.30 bits per heavy atom. The van der Waals surface area contributed by atoms with E-state index in [1.165, 1.54) is 0 Å². The molecular formula is C20H21N3O3S. The van der Waals surface area contributed by atoms with Gasteiger partial charge >= 0.3 is 0 Å². The lowest BCUT2D eigenvalue weighted by atomic mass is 10.1. The van der Waals surface area contributed by atoms with Crippen molar-refractivity contribution in [3.8, 4) is 0 Å². The summed E-state index contributed by atoms with van der Waals surface area (Å²) in [7, 11) is -3.86. The van der Waals surface area contributed by atoms with E-state index in [9.17, 15) is 13.2 Å². The van der Waals surface area contributed by atoms with Crippen LogP contribution < -0.4 is 10.0 Å². The molecular weight excluding hydrogens is 362 g/mol. The van der Waals surface area contributed by atoms with Crippen LogP contribution in [-0.4, -0.2) is 25.4 Å². The second-order valence-electron chi connectivity index (χ2n) is 6.58. The first-order chi connectivity index (χ1) is 12.9.